The molecule has 1 saturated carbocycles. The molecule has 0 spiro atoms. The van der Waals surface area contributed by atoms with Gasteiger partial charge in [-0.1, -0.05) is 44.2 Å². The summed E-state index contributed by atoms with van der Waals surface area (Å²) >= 11 is 0. The second-order valence-electron chi connectivity index (χ2n) is 5.58. The highest BCUT2D eigenvalue weighted by Gasteiger charge is 2.58. The Balaban J connectivity index is 0.00000180. The van der Waals surface area contributed by atoms with E-state index in [0.717, 1.165) is 18.5 Å². The van der Waals surface area contributed by atoms with E-state index in [1.165, 1.54) is 0 Å². The van der Waals surface area contributed by atoms with E-state index < -0.39 is 5.54 Å². The van der Waals surface area contributed by atoms with Gasteiger partial charge in [0.25, 0.3) is 0 Å². The molecule has 4 heteroatoms. The number of carbonyl (C=O) groups excluding carboxylic acids is 1. The number of ketones is 1. The van der Waals surface area contributed by atoms with E-state index in [0.29, 0.717) is 0 Å². The molecule has 1 aromatic rings. The normalized spacial score (nSPS) is 28.1. The van der Waals surface area contributed by atoms with Gasteiger partial charge in [0.2, 0.25) is 0 Å². The van der Waals surface area contributed by atoms with Gasteiger partial charge in [-0.3, -0.25) is 4.79 Å². The zero-order valence-corrected chi connectivity index (χ0v) is 12.6. The van der Waals surface area contributed by atoms with Crippen molar-refractivity contribution in [2.75, 3.05) is 6.54 Å². The Hall–Kier alpha value is -0.900. The van der Waals surface area contributed by atoms with Crippen molar-refractivity contribution in [2.24, 2.45) is 11.1 Å². The highest BCUT2D eigenvalue weighted by molar-refractivity contribution is 5.97. The van der Waals surface area contributed by atoms with Crippen LogP contribution in [0.25, 0.3) is 0 Å². The number of hydrogen-bond donors (Lipinski definition) is 2. The van der Waals surface area contributed by atoms with E-state index in [1.54, 1.807) is 0 Å². The lowest BCUT2D eigenvalue weighted by atomic mass is 9.80. The summed E-state index contributed by atoms with van der Waals surface area (Å²) in [6, 6.07) is 9.90. The van der Waals surface area contributed by atoms with Crippen LogP contribution in [0.3, 0.4) is 0 Å². The second-order valence-corrected chi connectivity index (χ2v) is 5.58. The van der Waals surface area contributed by atoms with Gasteiger partial charge in [0.1, 0.15) is 5.54 Å². The van der Waals surface area contributed by atoms with E-state index >= 15 is 0 Å². The number of carbonyl (C=O) groups is 1. The Labute approximate surface area is 121 Å². The molecular formula is C15H23ClN2O. The third-order valence-corrected chi connectivity index (χ3v) is 4.16. The Bertz CT molecular complexity index is 451. The third-order valence-electron chi connectivity index (χ3n) is 4.16. The van der Waals surface area contributed by atoms with Crippen molar-refractivity contribution in [2.45, 2.75) is 38.8 Å². The van der Waals surface area contributed by atoms with Crippen LogP contribution in [0.15, 0.2) is 30.3 Å². The van der Waals surface area contributed by atoms with Gasteiger partial charge in [-0.05, 0) is 25.5 Å². The zero-order valence-electron chi connectivity index (χ0n) is 11.8. The van der Waals surface area contributed by atoms with Crippen molar-refractivity contribution in [3.05, 3.63) is 35.9 Å². The fourth-order valence-corrected chi connectivity index (χ4v) is 2.67. The standard InChI is InChI=1S/C15H22N2O.ClH/c1-4-17-15(3,11-8-6-5-7-9-11)13(18)14(2)10-12(14)16;/h5-9,12,17H,4,10,16H2,1-3H3;1H. The largest absolute Gasteiger partial charge is 0.327 e. The van der Waals surface area contributed by atoms with Gasteiger partial charge in [0.05, 0.1) is 0 Å². The van der Waals surface area contributed by atoms with Gasteiger partial charge in [-0.2, -0.15) is 0 Å². The minimum absolute atomic E-state index is 0. The number of hydrogen-bond acceptors (Lipinski definition) is 3. The second kappa shape index (κ2) is 5.61. The summed E-state index contributed by atoms with van der Waals surface area (Å²) in [5.41, 5.74) is 5.93. The van der Waals surface area contributed by atoms with E-state index in [-0.39, 0.29) is 29.6 Å². The van der Waals surface area contributed by atoms with Crippen molar-refractivity contribution in [3.63, 3.8) is 0 Å². The van der Waals surface area contributed by atoms with Crippen LogP contribution in [0.2, 0.25) is 0 Å². The maximum absolute atomic E-state index is 12.8. The molecule has 3 atom stereocenters. The molecule has 0 aromatic heterocycles. The lowest BCUT2D eigenvalue weighted by Crippen LogP contribution is -2.50. The molecule has 0 heterocycles. The first-order valence-electron chi connectivity index (χ1n) is 6.56. The fraction of sp³-hybridized carbons (Fsp3) is 0.533. The summed E-state index contributed by atoms with van der Waals surface area (Å²) in [7, 11) is 0. The Morgan fingerprint density at radius 3 is 2.42 bits per heavy atom. The van der Waals surface area contributed by atoms with E-state index in [2.05, 4.69) is 5.32 Å². The highest BCUT2D eigenvalue weighted by Crippen LogP contribution is 2.48. The van der Waals surface area contributed by atoms with Crippen molar-refractivity contribution >= 4 is 18.2 Å². The topological polar surface area (TPSA) is 55.1 Å². The van der Waals surface area contributed by atoms with Gasteiger partial charge in [0.15, 0.2) is 5.78 Å². The van der Waals surface area contributed by atoms with Gasteiger partial charge in [-0.25, -0.2) is 0 Å². The van der Waals surface area contributed by atoms with Crippen LogP contribution >= 0.6 is 12.4 Å². The number of nitrogens with one attached hydrogen (secondary N) is 1. The van der Waals surface area contributed by atoms with Crippen LogP contribution in [0.5, 0.6) is 0 Å². The van der Waals surface area contributed by atoms with E-state index in [1.807, 2.05) is 51.1 Å². The predicted octanol–water partition coefficient (Wildman–Crippen LogP) is 2.24. The molecule has 1 aliphatic rings. The average Bonchev–Trinajstić information content (AvgIpc) is 2.99. The van der Waals surface area contributed by atoms with Crippen LogP contribution in [-0.2, 0) is 10.3 Å². The smallest absolute Gasteiger partial charge is 0.164 e. The molecule has 106 valence electrons. The number of halogens is 1. The highest BCUT2D eigenvalue weighted by atomic mass is 35.5. The predicted molar refractivity (Wildman–Crippen MR) is 80.4 cm³/mol. The third kappa shape index (κ3) is 2.69. The molecule has 3 N–H and O–H groups in total. The van der Waals surface area contributed by atoms with Gasteiger partial charge < -0.3 is 11.1 Å². The van der Waals surface area contributed by atoms with Crippen molar-refractivity contribution in [1.29, 1.82) is 0 Å². The minimum atomic E-state index is -0.640. The maximum Gasteiger partial charge on any atom is 0.164 e. The summed E-state index contributed by atoms with van der Waals surface area (Å²) in [4.78, 5) is 12.8. The molecule has 0 aliphatic heterocycles. The van der Waals surface area contributed by atoms with Crippen LogP contribution in [0, 0.1) is 5.41 Å². The van der Waals surface area contributed by atoms with E-state index in [9.17, 15) is 4.79 Å². The van der Waals surface area contributed by atoms with Crippen LogP contribution in [-0.4, -0.2) is 18.4 Å². The molecule has 1 fully saturated rings. The maximum atomic E-state index is 12.8. The molecule has 1 aliphatic carbocycles. The fourth-order valence-electron chi connectivity index (χ4n) is 2.67. The Morgan fingerprint density at radius 1 is 1.47 bits per heavy atom. The molecule has 19 heavy (non-hydrogen) atoms. The summed E-state index contributed by atoms with van der Waals surface area (Å²) in [6.45, 7) is 6.70. The molecule has 0 radical (unpaired) electrons. The zero-order chi connectivity index (χ0) is 13.4. The Morgan fingerprint density at radius 2 is 2.00 bits per heavy atom. The monoisotopic (exact) mass is 282 g/mol. The van der Waals surface area contributed by atoms with Crippen molar-refractivity contribution < 1.29 is 4.79 Å². The molecule has 1 aromatic carbocycles. The number of Topliss-reactive ketones (excluding diaryl/α,β-unsaturated/α-hetero) is 1. The van der Waals surface area contributed by atoms with Crippen molar-refractivity contribution in [1.82, 2.24) is 5.32 Å². The first-order valence-corrected chi connectivity index (χ1v) is 6.56. The molecule has 3 unspecified atom stereocenters. The van der Waals surface area contributed by atoms with E-state index in [4.69, 9.17) is 5.73 Å². The number of nitrogens with two attached hydrogens (primary N) is 1. The summed E-state index contributed by atoms with van der Waals surface area (Å²) in [5, 5.41) is 3.34. The molecular weight excluding hydrogens is 260 g/mol. The van der Waals surface area contributed by atoms with Gasteiger partial charge >= 0.3 is 0 Å². The van der Waals surface area contributed by atoms with Crippen LogP contribution < -0.4 is 11.1 Å². The molecule has 0 bridgehead atoms. The molecule has 0 amide bonds. The van der Waals surface area contributed by atoms with Gasteiger partial charge in [0, 0.05) is 11.5 Å². The average molecular weight is 283 g/mol. The number of benzene rings is 1. The lowest BCUT2D eigenvalue weighted by molar-refractivity contribution is -0.130. The summed E-state index contributed by atoms with van der Waals surface area (Å²) in [6.07, 6.45) is 0.791. The SMILES string of the molecule is CCNC(C)(C(=O)C1(C)CC1N)c1ccccc1.Cl. The van der Waals surface area contributed by atoms with Gasteiger partial charge in [-0.15, -0.1) is 12.4 Å². The number of rotatable bonds is 5. The molecule has 2 rings (SSSR count). The summed E-state index contributed by atoms with van der Waals surface area (Å²) < 4.78 is 0. The first-order chi connectivity index (χ1) is 8.45. The van der Waals surface area contributed by atoms with Crippen LogP contribution in [0.4, 0.5) is 0 Å². The number of likely N-dealkylation sites (N-methyl/N-ethyl adjacent to an activating group) is 1. The van der Waals surface area contributed by atoms with Crippen LogP contribution in [0.1, 0.15) is 32.8 Å². The molecule has 3 nitrogen and oxygen atoms in total. The summed E-state index contributed by atoms with van der Waals surface area (Å²) in [5.74, 6) is 0.204. The quantitative estimate of drug-likeness (QED) is 0.871. The molecule has 0 saturated heterocycles. The lowest BCUT2D eigenvalue weighted by Gasteiger charge is -2.32. The van der Waals surface area contributed by atoms with Crippen molar-refractivity contribution in [3.8, 4) is 0 Å². The Kier molecular flexibility index (Phi) is 4.77. The minimum Gasteiger partial charge on any atom is -0.327 e. The first kappa shape index (κ1) is 16.2.